The van der Waals surface area contributed by atoms with Crippen LogP contribution in [0.15, 0.2) is 30.5 Å². The van der Waals surface area contributed by atoms with Gasteiger partial charge in [0, 0.05) is 47.8 Å². The van der Waals surface area contributed by atoms with Gasteiger partial charge in [-0.15, -0.1) is 11.3 Å². The monoisotopic (exact) mass is 436 g/mol. The number of halogens is 1. The zero-order valence-corrected chi connectivity index (χ0v) is 18.0. The Balaban J connectivity index is 1.61. The third-order valence-electron chi connectivity index (χ3n) is 4.59. The van der Waals surface area contributed by atoms with Crippen molar-refractivity contribution in [2.75, 3.05) is 51.3 Å². The Morgan fingerprint density at radius 1 is 1.28 bits per heavy atom. The number of hydrogen-bond donors (Lipinski definition) is 1. The minimum absolute atomic E-state index is 0.0246. The predicted molar refractivity (Wildman–Crippen MR) is 115 cm³/mol. The van der Waals surface area contributed by atoms with Crippen LogP contribution in [0.5, 0.6) is 0 Å². The molecule has 1 aromatic carbocycles. The van der Waals surface area contributed by atoms with Gasteiger partial charge in [-0.3, -0.25) is 14.5 Å². The van der Waals surface area contributed by atoms with Crippen molar-refractivity contribution in [3.63, 3.8) is 0 Å². The summed E-state index contributed by atoms with van der Waals surface area (Å²) in [5.41, 5.74) is 0.513. The van der Waals surface area contributed by atoms with E-state index in [1.54, 1.807) is 35.4 Å². The van der Waals surface area contributed by atoms with Crippen molar-refractivity contribution < 1.29 is 14.3 Å². The van der Waals surface area contributed by atoms with Crippen molar-refractivity contribution in [3.8, 4) is 0 Å². The minimum atomic E-state index is -0.256. The molecular formula is C20H25ClN4O3S. The second-order valence-electron chi connectivity index (χ2n) is 6.87. The lowest BCUT2D eigenvalue weighted by Crippen LogP contribution is -2.41. The Morgan fingerprint density at radius 2 is 2.00 bits per heavy atom. The zero-order chi connectivity index (χ0) is 20.6. The van der Waals surface area contributed by atoms with E-state index in [0.717, 1.165) is 44.1 Å². The first-order valence-corrected chi connectivity index (χ1v) is 10.8. The number of ether oxygens (including phenoxy) is 1. The lowest BCUT2D eigenvalue weighted by molar-refractivity contribution is -0.116. The van der Waals surface area contributed by atoms with Crippen molar-refractivity contribution in [1.82, 2.24) is 14.8 Å². The van der Waals surface area contributed by atoms with E-state index in [1.165, 1.54) is 11.3 Å². The lowest BCUT2D eigenvalue weighted by atomic mass is 10.2. The fourth-order valence-corrected chi connectivity index (χ4v) is 3.89. The second kappa shape index (κ2) is 10.7. The topological polar surface area (TPSA) is 74.8 Å². The number of aromatic nitrogens is 1. The molecule has 0 aliphatic carbocycles. The van der Waals surface area contributed by atoms with Gasteiger partial charge in [-0.2, -0.15) is 0 Å². The van der Waals surface area contributed by atoms with E-state index >= 15 is 0 Å². The predicted octanol–water partition coefficient (Wildman–Crippen LogP) is 2.91. The molecule has 0 saturated carbocycles. The summed E-state index contributed by atoms with van der Waals surface area (Å²) >= 11 is 7.34. The molecule has 29 heavy (non-hydrogen) atoms. The van der Waals surface area contributed by atoms with E-state index in [0.29, 0.717) is 22.3 Å². The van der Waals surface area contributed by atoms with Crippen LogP contribution in [0.2, 0.25) is 5.02 Å². The quantitative estimate of drug-likeness (QED) is 0.688. The maximum atomic E-state index is 13.0. The summed E-state index contributed by atoms with van der Waals surface area (Å²) in [4.78, 5) is 34.5. The number of aryl methyl sites for hydroxylation is 1. The molecule has 7 nitrogen and oxygen atoms in total. The first-order valence-electron chi connectivity index (χ1n) is 9.58. The number of carbonyl (C=O) groups is 2. The standard InChI is InChI=1S/C20H25ClN4O3S/c1-15-13-22-20(29-15)23-18(26)14-25(8-2-7-24-9-11-28-12-10-24)19(27)16-3-5-17(21)6-4-16/h3-6,13H,2,7-12,14H2,1H3,(H,22,23,26). The largest absolute Gasteiger partial charge is 0.379 e. The fourth-order valence-electron chi connectivity index (χ4n) is 3.08. The molecule has 3 rings (SSSR count). The summed E-state index contributed by atoms with van der Waals surface area (Å²) < 4.78 is 5.37. The molecule has 1 aromatic heterocycles. The minimum Gasteiger partial charge on any atom is -0.379 e. The average Bonchev–Trinajstić information content (AvgIpc) is 3.12. The van der Waals surface area contributed by atoms with E-state index in [4.69, 9.17) is 16.3 Å². The molecule has 1 saturated heterocycles. The Morgan fingerprint density at radius 3 is 2.66 bits per heavy atom. The van der Waals surface area contributed by atoms with Crippen LogP contribution in [0.3, 0.4) is 0 Å². The molecular weight excluding hydrogens is 412 g/mol. The number of rotatable bonds is 8. The van der Waals surface area contributed by atoms with E-state index in [1.807, 2.05) is 6.92 Å². The summed E-state index contributed by atoms with van der Waals surface area (Å²) in [7, 11) is 0. The zero-order valence-electron chi connectivity index (χ0n) is 16.4. The number of morpholine rings is 1. The van der Waals surface area contributed by atoms with Crippen LogP contribution in [0, 0.1) is 6.92 Å². The number of anilines is 1. The molecule has 0 spiro atoms. The van der Waals surface area contributed by atoms with Gasteiger partial charge >= 0.3 is 0 Å². The second-order valence-corrected chi connectivity index (χ2v) is 8.54. The van der Waals surface area contributed by atoms with E-state index < -0.39 is 0 Å². The van der Waals surface area contributed by atoms with Gasteiger partial charge in [0.1, 0.15) is 6.54 Å². The van der Waals surface area contributed by atoms with Crippen LogP contribution < -0.4 is 5.32 Å². The molecule has 1 fully saturated rings. The first-order chi connectivity index (χ1) is 14.0. The third-order valence-corrected chi connectivity index (χ3v) is 5.67. The van der Waals surface area contributed by atoms with Crippen LogP contribution in [0.25, 0.3) is 0 Å². The van der Waals surface area contributed by atoms with E-state index in [2.05, 4.69) is 15.2 Å². The van der Waals surface area contributed by atoms with Crippen LogP contribution in [0.4, 0.5) is 5.13 Å². The van der Waals surface area contributed by atoms with Gasteiger partial charge in [-0.05, 0) is 37.6 Å². The molecule has 0 unspecified atom stereocenters. The van der Waals surface area contributed by atoms with Crippen LogP contribution >= 0.6 is 22.9 Å². The van der Waals surface area contributed by atoms with Crippen molar-refractivity contribution in [3.05, 3.63) is 45.9 Å². The number of hydrogen-bond acceptors (Lipinski definition) is 6. The molecule has 9 heteroatoms. The first kappa shape index (κ1) is 21.7. The highest BCUT2D eigenvalue weighted by atomic mass is 35.5. The molecule has 1 N–H and O–H groups in total. The van der Waals surface area contributed by atoms with Gasteiger partial charge in [-0.25, -0.2) is 4.98 Å². The summed E-state index contributed by atoms with van der Waals surface area (Å²) in [5, 5.41) is 3.88. The molecule has 0 radical (unpaired) electrons. The number of thiazole rings is 1. The van der Waals surface area contributed by atoms with Gasteiger partial charge in [0.2, 0.25) is 5.91 Å². The highest BCUT2D eigenvalue weighted by Crippen LogP contribution is 2.17. The molecule has 1 aliphatic rings. The van der Waals surface area contributed by atoms with Crippen molar-refractivity contribution >= 4 is 39.9 Å². The highest BCUT2D eigenvalue weighted by Gasteiger charge is 2.20. The number of benzene rings is 1. The highest BCUT2D eigenvalue weighted by molar-refractivity contribution is 7.15. The Kier molecular flexibility index (Phi) is 8.00. The summed E-state index contributed by atoms with van der Waals surface area (Å²) in [6.07, 6.45) is 2.49. The molecule has 2 amide bonds. The van der Waals surface area contributed by atoms with Gasteiger partial charge in [0.25, 0.3) is 5.91 Å². The average molecular weight is 437 g/mol. The summed E-state index contributed by atoms with van der Waals surface area (Å²) in [6, 6.07) is 6.72. The SMILES string of the molecule is Cc1cnc(NC(=O)CN(CCCN2CCOCC2)C(=O)c2ccc(Cl)cc2)s1. The smallest absolute Gasteiger partial charge is 0.254 e. The number of carbonyl (C=O) groups excluding carboxylic acids is 2. The molecule has 1 aliphatic heterocycles. The third kappa shape index (κ3) is 6.78. The molecule has 0 bridgehead atoms. The van der Waals surface area contributed by atoms with Gasteiger partial charge in [0.15, 0.2) is 5.13 Å². The molecule has 0 atom stereocenters. The fraction of sp³-hybridized carbons (Fsp3) is 0.450. The van der Waals surface area contributed by atoms with Gasteiger partial charge < -0.3 is 15.0 Å². The molecule has 2 aromatic rings. The normalized spacial score (nSPS) is 14.6. The van der Waals surface area contributed by atoms with Crippen molar-refractivity contribution in [1.29, 1.82) is 0 Å². The van der Waals surface area contributed by atoms with E-state index in [-0.39, 0.29) is 18.4 Å². The number of nitrogens with zero attached hydrogens (tertiary/aromatic N) is 3. The summed E-state index contributed by atoms with van der Waals surface area (Å²) in [5.74, 6) is -0.442. The Labute approximate surface area is 179 Å². The van der Waals surface area contributed by atoms with Crippen molar-refractivity contribution in [2.24, 2.45) is 0 Å². The lowest BCUT2D eigenvalue weighted by Gasteiger charge is -2.28. The maximum Gasteiger partial charge on any atom is 0.254 e. The van der Waals surface area contributed by atoms with Gasteiger partial charge in [0.05, 0.1) is 13.2 Å². The van der Waals surface area contributed by atoms with Gasteiger partial charge in [-0.1, -0.05) is 11.6 Å². The van der Waals surface area contributed by atoms with Crippen molar-refractivity contribution in [2.45, 2.75) is 13.3 Å². The number of nitrogens with one attached hydrogen (secondary N) is 1. The Hall–Kier alpha value is -2.00. The van der Waals surface area contributed by atoms with Crippen LogP contribution in [-0.2, 0) is 9.53 Å². The van der Waals surface area contributed by atoms with Crippen LogP contribution in [0.1, 0.15) is 21.7 Å². The maximum absolute atomic E-state index is 13.0. The Bertz CT molecular complexity index is 821. The summed E-state index contributed by atoms with van der Waals surface area (Å²) in [6.45, 7) is 6.53. The van der Waals surface area contributed by atoms with Crippen LogP contribution in [-0.4, -0.2) is 72.5 Å². The van der Waals surface area contributed by atoms with E-state index in [9.17, 15) is 9.59 Å². The molecule has 2 heterocycles. The number of amides is 2. The molecule has 156 valence electrons.